The summed E-state index contributed by atoms with van der Waals surface area (Å²) in [7, 11) is 0. The zero-order valence-corrected chi connectivity index (χ0v) is 12.9. The Morgan fingerprint density at radius 2 is 1.95 bits per heavy atom. The third-order valence-electron chi connectivity index (χ3n) is 4.27. The summed E-state index contributed by atoms with van der Waals surface area (Å²) in [5.74, 6) is 0.673. The fourth-order valence-electron chi connectivity index (χ4n) is 3.27. The van der Waals surface area contributed by atoms with Crippen molar-refractivity contribution in [1.82, 2.24) is 10.3 Å². The molecule has 2 heteroatoms. The van der Waals surface area contributed by atoms with Crippen LogP contribution in [0.1, 0.15) is 55.6 Å². The minimum Gasteiger partial charge on any atom is -0.302 e. The van der Waals surface area contributed by atoms with Crippen LogP contribution in [0.3, 0.4) is 0 Å². The summed E-state index contributed by atoms with van der Waals surface area (Å²) < 4.78 is 0. The van der Waals surface area contributed by atoms with E-state index in [9.17, 15) is 0 Å². The molecule has 2 nitrogen and oxygen atoms in total. The molecule has 3 rings (SSSR count). The van der Waals surface area contributed by atoms with Crippen LogP contribution < -0.4 is 5.32 Å². The molecule has 0 amide bonds. The van der Waals surface area contributed by atoms with Crippen LogP contribution in [0.25, 0.3) is 0 Å². The normalized spacial score (nSPS) is 18.7. The quantitative estimate of drug-likeness (QED) is 0.875. The monoisotopic (exact) mass is 280 g/mol. The van der Waals surface area contributed by atoms with E-state index in [1.807, 2.05) is 12.3 Å². The number of aryl methyl sites for hydroxylation is 1. The van der Waals surface area contributed by atoms with E-state index in [2.05, 4.69) is 60.5 Å². The van der Waals surface area contributed by atoms with Crippen molar-refractivity contribution in [3.05, 3.63) is 65.5 Å². The first-order valence-electron chi connectivity index (χ1n) is 7.99. The average molecular weight is 280 g/mol. The number of hydrogen-bond donors (Lipinski definition) is 1. The van der Waals surface area contributed by atoms with Gasteiger partial charge in [-0.3, -0.25) is 4.98 Å². The highest BCUT2D eigenvalue weighted by atomic mass is 15.0. The largest absolute Gasteiger partial charge is 0.302 e. The van der Waals surface area contributed by atoms with Crippen molar-refractivity contribution in [3.8, 4) is 0 Å². The van der Waals surface area contributed by atoms with E-state index >= 15 is 0 Å². The van der Waals surface area contributed by atoms with E-state index in [-0.39, 0.29) is 0 Å². The van der Waals surface area contributed by atoms with Crippen molar-refractivity contribution in [2.24, 2.45) is 5.92 Å². The molecule has 0 bridgehead atoms. The van der Waals surface area contributed by atoms with E-state index in [4.69, 9.17) is 0 Å². The fourth-order valence-corrected chi connectivity index (χ4v) is 3.27. The SMILES string of the molecule is CC(C)CC(NC1CCc2cccnc21)c1ccccc1. The highest BCUT2D eigenvalue weighted by Gasteiger charge is 2.26. The predicted molar refractivity (Wildman–Crippen MR) is 87.1 cm³/mol. The summed E-state index contributed by atoms with van der Waals surface area (Å²) in [5.41, 5.74) is 4.05. The van der Waals surface area contributed by atoms with Gasteiger partial charge in [-0.1, -0.05) is 50.2 Å². The summed E-state index contributed by atoms with van der Waals surface area (Å²) in [4.78, 5) is 4.60. The Bertz CT molecular complexity index is 577. The van der Waals surface area contributed by atoms with Gasteiger partial charge in [-0.25, -0.2) is 0 Å². The third kappa shape index (κ3) is 3.33. The maximum Gasteiger partial charge on any atom is 0.0605 e. The minimum atomic E-state index is 0.394. The first kappa shape index (κ1) is 14.3. The van der Waals surface area contributed by atoms with Crippen LogP contribution in [-0.2, 0) is 6.42 Å². The number of pyridine rings is 1. The first-order valence-corrected chi connectivity index (χ1v) is 7.99. The molecule has 0 spiro atoms. The molecule has 2 unspecified atom stereocenters. The van der Waals surface area contributed by atoms with Crippen molar-refractivity contribution >= 4 is 0 Å². The van der Waals surface area contributed by atoms with E-state index in [0.29, 0.717) is 18.0 Å². The maximum atomic E-state index is 4.60. The molecule has 1 heterocycles. The molecule has 1 aliphatic rings. The number of hydrogen-bond acceptors (Lipinski definition) is 2. The van der Waals surface area contributed by atoms with Crippen LogP contribution in [0.15, 0.2) is 48.7 Å². The lowest BCUT2D eigenvalue weighted by molar-refractivity contribution is 0.377. The Hall–Kier alpha value is -1.67. The smallest absolute Gasteiger partial charge is 0.0605 e. The van der Waals surface area contributed by atoms with Gasteiger partial charge < -0.3 is 5.32 Å². The molecule has 1 aromatic carbocycles. The first-order chi connectivity index (χ1) is 10.2. The topological polar surface area (TPSA) is 24.9 Å². The second-order valence-corrected chi connectivity index (χ2v) is 6.40. The van der Waals surface area contributed by atoms with Gasteiger partial charge in [0.2, 0.25) is 0 Å². The lowest BCUT2D eigenvalue weighted by Crippen LogP contribution is -2.26. The second kappa shape index (κ2) is 6.40. The van der Waals surface area contributed by atoms with Crippen molar-refractivity contribution in [1.29, 1.82) is 0 Å². The molecular formula is C19H24N2. The summed E-state index contributed by atoms with van der Waals surface area (Å²) in [6.45, 7) is 4.58. The molecule has 0 saturated heterocycles. The lowest BCUT2D eigenvalue weighted by atomic mass is 9.96. The zero-order valence-electron chi connectivity index (χ0n) is 12.9. The van der Waals surface area contributed by atoms with Gasteiger partial charge in [0.1, 0.15) is 0 Å². The highest BCUT2D eigenvalue weighted by Crippen LogP contribution is 2.33. The van der Waals surface area contributed by atoms with Crippen LogP contribution in [0.2, 0.25) is 0 Å². The lowest BCUT2D eigenvalue weighted by Gasteiger charge is -2.25. The van der Waals surface area contributed by atoms with Crippen molar-refractivity contribution in [2.45, 2.75) is 45.2 Å². The number of aromatic nitrogens is 1. The Morgan fingerprint density at radius 3 is 2.71 bits per heavy atom. The fraction of sp³-hybridized carbons (Fsp3) is 0.421. The summed E-state index contributed by atoms with van der Waals surface area (Å²) >= 11 is 0. The number of nitrogens with one attached hydrogen (secondary N) is 1. The molecule has 1 aliphatic carbocycles. The molecule has 0 radical (unpaired) electrons. The van der Waals surface area contributed by atoms with Gasteiger partial charge in [-0.2, -0.15) is 0 Å². The van der Waals surface area contributed by atoms with Gasteiger partial charge >= 0.3 is 0 Å². The molecule has 2 atom stereocenters. The molecular weight excluding hydrogens is 256 g/mol. The van der Waals surface area contributed by atoms with Gasteiger partial charge in [-0.15, -0.1) is 0 Å². The Balaban J connectivity index is 1.80. The summed E-state index contributed by atoms with van der Waals surface area (Å²) in [6.07, 6.45) is 5.37. The highest BCUT2D eigenvalue weighted by molar-refractivity contribution is 5.29. The van der Waals surface area contributed by atoms with Crippen LogP contribution in [-0.4, -0.2) is 4.98 Å². The van der Waals surface area contributed by atoms with Gasteiger partial charge in [0.25, 0.3) is 0 Å². The van der Waals surface area contributed by atoms with Gasteiger partial charge in [0.15, 0.2) is 0 Å². The molecule has 21 heavy (non-hydrogen) atoms. The van der Waals surface area contributed by atoms with Gasteiger partial charge in [0.05, 0.1) is 11.7 Å². The van der Waals surface area contributed by atoms with Gasteiger partial charge in [0, 0.05) is 12.2 Å². The molecule has 0 aliphatic heterocycles. The maximum absolute atomic E-state index is 4.60. The molecule has 110 valence electrons. The molecule has 2 aromatic rings. The Morgan fingerprint density at radius 1 is 1.14 bits per heavy atom. The van der Waals surface area contributed by atoms with E-state index in [1.54, 1.807) is 0 Å². The summed E-state index contributed by atoms with van der Waals surface area (Å²) in [5, 5.41) is 3.86. The van der Waals surface area contributed by atoms with Crippen molar-refractivity contribution in [2.75, 3.05) is 0 Å². The zero-order chi connectivity index (χ0) is 14.7. The third-order valence-corrected chi connectivity index (χ3v) is 4.27. The Kier molecular flexibility index (Phi) is 4.35. The Labute approximate surface area is 127 Å². The van der Waals surface area contributed by atoms with Crippen LogP contribution in [0.4, 0.5) is 0 Å². The molecule has 1 aromatic heterocycles. The summed E-state index contributed by atoms with van der Waals surface area (Å²) in [6, 6.07) is 15.9. The van der Waals surface area contributed by atoms with Crippen LogP contribution >= 0.6 is 0 Å². The average Bonchev–Trinajstić information content (AvgIpc) is 2.90. The van der Waals surface area contributed by atoms with Crippen LogP contribution in [0, 0.1) is 5.92 Å². The van der Waals surface area contributed by atoms with Crippen LogP contribution in [0.5, 0.6) is 0 Å². The van der Waals surface area contributed by atoms with E-state index < -0.39 is 0 Å². The minimum absolute atomic E-state index is 0.394. The second-order valence-electron chi connectivity index (χ2n) is 6.40. The number of rotatable bonds is 5. The molecule has 0 fully saturated rings. The number of benzene rings is 1. The number of nitrogens with zero attached hydrogens (tertiary/aromatic N) is 1. The van der Waals surface area contributed by atoms with Gasteiger partial charge in [-0.05, 0) is 42.4 Å². The predicted octanol–water partition coefficient (Wildman–Crippen LogP) is 4.45. The molecule has 0 saturated carbocycles. The van der Waals surface area contributed by atoms with Crippen molar-refractivity contribution in [3.63, 3.8) is 0 Å². The standard InChI is InChI=1S/C19H24N2/c1-14(2)13-18(15-7-4-3-5-8-15)21-17-11-10-16-9-6-12-20-19(16)17/h3-9,12,14,17-18,21H,10-11,13H2,1-2H3. The van der Waals surface area contributed by atoms with Crippen molar-refractivity contribution < 1.29 is 0 Å². The van der Waals surface area contributed by atoms with E-state index in [0.717, 1.165) is 19.3 Å². The van der Waals surface area contributed by atoms with E-state index in [1.165, 1.54) is 16.8 Å². The molecule has 1 N–H and O–H groups in total. The number of fused-ring (bicyclic) bond motifs is 1.